The van der Waals surface area contributed by atoms with Gasteiger partial charge in [-0.15, -0.1) is 0 Å². The molecular weight excluding hydrogens is 411 g/mol. The first-order valence-electron chi connectivity index (χ1n) is 4.73. The van der Waals surface area contributed by atoms with E-state index in [0.29, 0.717) is 8.04 Å². The number of ether oxygens (including phenoxy) is 1. The Hall–Kier alpha value is -0.310. The molecule has 1 aromatic rings. The number of aromatic nitrogens is 1. The molecule has 17 heavy (non-hydrogen) atoms. The van der Waals surface area contributed by atoms with Gasteiger partial charge in [0, 0.05) is 14.2 Å². The molecule has 0 aliphatic rings. The molecule has 0 bridgehead atoms. The van der Waals surface area contributed by atoms with Gasteiger partial charge in [-0.2, -0.15) is 0 Å². The van der Waals surface area contributed by atoms with Gasteiger partial charge in [0.15, 0.2) is 0 Å². The summed E-state index contributed by atoms with van der Waals surface area (Å²) in [4.78, 5) is 15.1. The van der Waals surface area contributed by atoms with Crippen molar-refractivity contribution in [3.05, 3.63) is 25.5 Å². The number of alkyl halides is 2. The van der Waals surface area contributed by atoms with Crippen LogP contribution in [0, 0.1) is 3.57 Å². The van der Waals surface area contributed by atoms with E-state index in [9.17, 15) is 13.6 Å². The van der Waals surface area contributed by atoms with Crippen molar-refractivity contribution in [3.8, 4) is 0 Å². The van der Waals surface area contributed by atoms with Crippen LogP contribution in [0.1, 0.15) is 24.6 Å². The van der Waals surface area contributed by atoms with Crippen molar-refractivity contribution in [1.82, 2.24) is 4.98 Å². The van der Waals surface area contributed by atoms with Gasteiger partial charge in [-0.3, -0.25) is 9.78 Å². The molecule has 0 N–H and O–H groups in total. The van der Waals surface area contributed by atoms with E-state index in [1.54, 1.807) is 29.5 Å². The molecule has 0 aliphatic heterocycles. The monoisotopic (exact) mass is 419 g/mol. The van der Waals surface area contributed by atoms with E-state index >= 15 is 0 Å². The minimum absolute atomic E-state index is 0.0612. The van der Waals surface area contributed by atoms with Crippen LogP contribution >= 0.6 is 38.5 Å². The molecule has 0 fully saturated rings. The van der Waals surface area contributed by atoms with Crippen LogP contribution in [0.15, 0.2) is 10.7 Å². The molecule has 0 aliphatic carbocycles. The maximum absolute atomic E-state index is 12.9. The van der Waals surface area contributed by atoms with Crippen LogP contribution in [0.4, 0.5) is 8.78 Å². The van der Waals surface area contributed by atoms with Crippen LogP contribution in [0.5, 0.6) is 0 Å². The summed E-state index contributed by atoms with van der Waals surface area (Å²) in [6.07, 6.45) is -1.50. The van der Waals surface area contributed by atoms with E-state index in [4.69, 9.17) is 4.74 Å². The lowest BCUT2D eigenvalue weighted by molar-refractivity contribution is -0.142. The highest BCUT2D eigenvalue weighted by Gasteiger charge is 2.22. The third-order valence-electron chi connectivity index (χ3n) is 1.93. The lowest BCUT2D eigenvalue weighted by Gasteiger charge is -2.10. The Bertz CT molecular complexity index is 429. The topological polar surface area (TPSA) is 39.2 Å². The van der Waals surface area contributed by atoms with Crippen molar-refractivity contribution >= 4 is 44.5 Å². The van der Waals surface area contributed by atoms with Crippen LogP contribution in [0.2, 0.25) is 0 Å². The minimum atomic E-state index is -2.67. The van der Waals surface area contributed by atoms with E-state index in [1.807, 2.05) is 0 Å². The van der Waals surface area contributed by atoms with Gasteiger partial charge in [0.2, 0.25) is 0 Å². The second kappa shape index (κ2) is 6.58. The van der Waals surface area contributed by atoms with Crippen molar-refractivity contribution in [2.75, 3.05) is 6.61 Å². The zero-order valence-electron chi connectivity index (χ0n) is 8.84. The molecule has 0 aromatic carbocycles. The standard InChI is InChI=1S/C10H9BrF2INO2/c1-2-17-7(16)3-6-8(10(12)13)9(14)5(11)4-15-6/h4,10H,2-3H2,1H3. The molecule has 0 unspecified atom stereocenters. The van der Waals surface area contributed by atoms with Crippen molar-refractivity contribution in [3.63, 3.8) is 0 Å². The summed E-state index contributed by atoms with van der Waals surface area (Å²) in [6.45, 7) is 1.88. The molecule has 0 radical (unpaired) electrons. The lowest BCUT2D eigenvalue weighted by atomic mass is 10.1. The molecule has 0 amide bonds. The van der Waals surface area contributed by atoms with Crippen LogP contribution in [0.25, 0.3) is 0 Å². The van der Waals surface area contributed by atoms with Crippen molar-refractivity contribution in [2.24, 2.45) is 0 Å². The SMILES string of the molecule is CCOC(=O)Cc1ncc(Br)c(I)c1C(F)F. The molecular formula is C10H9BrF2INO2. The molecule has 0 saturated heterocycles. The molecule has 1 heterocycles. The number of rotatable bonds is 4. The number of hydrogen-bond donors (Lipinski definition) is 0. The van der Waals surface area contributed by atoms with Gasteiger partial charge < -0.3 is 4.74 Å². The Kier molecular flexibility index (Phi) is 5.71. The van der Waals surface area contributed by atoms with Gasteiger partial charge in [-0.05, 0) is 45.4 Å². The summed E-state index contributed by atoms with van der Waals surface area (Å²) in [5.41, 5.74) is -0.154. The van der Waals surface area contributed by atoms with Crippen LogP contribution in [-0.4, -0.2) is 17.6 Å². The molecule has 0 atom stereocenters. The normalized spacial score (nSPS) is 10.7. The third-order valence-corrected chi connectivity index (χ3v) is 4.43. The second-order valence-electron chi connectivity index (χ2n) is 3.06. The average Bonchev–Trinajstić information content (AvgIpc) is 2.23. The number of carbonyl (C=O) groups excluding carboxylic acids is 1. The first-order chi connectivity index (χ1) is 7.97. The zero-order valence-corrected chi connectivity index (χ0v) is 12.6. The predicted molar refractivity (Wildman–Crippen MR) is 69.9 cm³/mol. The number of halogens is 4. The van der Waals surface area contributed by atoms with Crippen molar-refractivity contribution < 1.29 is 18.3 Å². The Balaban J connectivity index is 3.07. The van der Waals surface area contributed by atoms with Gasteiger partial charge in [0.25, 0.3) is 6.43 Å². The zero-order chi connectivity index (χ0) is 13.0. The van der Waals surface area contributed by atoms with E-state index in [1.165, 1.54) is 6.20 Å². The molecule has 1 aromatic heterocycles. The summed E-state index contributed by atoms with van der Waals surface area (Å²) in [5.74, 6) is -0.556. The highest BCUT2D eigenvalue weighted by atomic mass is 127. The lowest BCUT2D eigenvalue weighted by Crippen LogP contribution is -2.12. The summed E-state index contributed by atoms with van der Waals surface area (Å²) >= 11 is 4.92. The van der Waals surface area contributed by atoms with Gasteiger partial charge in [-0.1, -0.05) is 0 Å². The van der Waals surface area contributed by atoms with Gasteiger partial charge in [0.1, 0.15) is 0 Å². The van der Waals surface area contributed by atoms with Gasteiger partial charge in [0.05, 0.1) is 24.3 Å². The Morgan fingerprint density at radius 3 is 2.82 bits per heavy atom. The fourth-order valence-corrected chi connectivity index (χ4v) is 2.23. The smallest absolute Gasteiger partial charge is 0.311 e. The Labute approximate surface area is 119 Å². The molecule has 0 saturated carbocycles. The number of hydrogen-bond acceptors (Lipinski definition) is 3. The fourth-order valence-electron chi connectivity index (χ4n) is 1.23. The Morgan fingerprint density at radius 2 is 2.29 bits per heavy atom. The van der Waals surface area contributed by atoms with Crippen LogP contribution in [0.3, 0.4) is 0 Å². The fraction of sp³-hybridized carbons (Fsp3) is 0.400. The highest BCUT2D eigenvalue weighted by Crippen LogP contribution is 2.31. The quantitative estimate of drug-likeness (QED) is 0.554. The van der Waals surface area contributed by atoms with Gasteiger partial charge >= 0.3 is 5.97 Å². The van der Waals surface area contributed by atoms with Crippen molar-refractivity contribution in [2.45, 2.75) is 19.8 Å². The summed E-state index contributed by atoms with van der Waals surface area (Å²) in [5, 5.41) is 0. The van der Waals surface area contributed by atoms with E-state index in [0.717, 1.165) is 0 Å². The van der Waals surface area contributed by atoms with Crippen molar-refractivity contribution in [1.29, 1.82) is 0 Å². The summed E-state index contributed by atoms with van der Waals surface area (Å²) < 4.78 is 31.3. The summed E-state index contributed by atoms with van der Waals surface area (Å²) in [6, 6.07) is 0. The molecule has 94 valence electrons. The maximum Gasteiger partial charge on any atom is 0.311 e. The molecule has 0 spiro atoms. The van der Waals surface area contributed by atoms with E-state index < -0.39 is 12.4 Å². The van der Waals surface area contributed by atoms with E-state index in [-0.39, 0.29) is 24.3 Å². The Morgan fingerprint density at radius 1 is 1.65 bits per heavy atom. The molecule has 3 nitrogen and oxygen atoms in total. The number of nitrogens with zero attached hydrogens (tertiary/aromatic N) is 1. The number of pyridine rings is 1. The average molecular weight is 420 g/mol. The van der Waals surface area contributed by atoms with E-state index in [2.05, 4.69) is 20.9 Å². The maximum atomic E-state index is 12.9. The predicted octanol–water partition coefficient (Wildman–Crippen LogP) is 3.49. The second-order valence-corrected chi connectivity index (χ2v) is 5.00. The van der Waals surface area contributed by atoms with Crippen LogP contribution < -0.4 is 0 Å². The van der Waals surface area contributed by atoms with Gasteiger partial charge in [-0.25, -0.2) is 8.78 Å². The largest absolute Gasteiger partial charge is 0.466 e. The summed E-state index contributed by atoms with van der Waals surface area (Å²) in [7, 11) is 0. The first-order valence-corrected chi connectivity index (χ1v) is 6.61. The third kappa shape index (κ3) is 3.84. The molecule has 1 rings (SSSR count). The minimum Gasteiger partial charge on any atom is -0.466 e. The number of esters is 1. The highest BCUT2D eigenvalue weighted by molar-refractivity contribution is 14.1. The van der Waals surface area contributed by atoms with Crippen LogP contribution in [-0.2, 0) is 16.0 Å². The molecule has 7 heteroatoms. The number of carbonyl (C=O) groups is 1. The first kappa shape index (κ1) is 14.7.